The Morgan fingerprint density at radius 3 is 2.42 bits per heavy atom. The van der Waals surface area contributed by atoms with E-state index in [2.05, 4.69) is 31.9 Å². The van der Waals surface area contributed by atoms with Gasteiger partial charge in [-0.15, -0.1) is 0 Å². The van der Waals surface area contributed by atoms with Crippen molar-refractivity contribution in [3.8, 4) is 5.75 Å². The number of aromatic nitrogens is 2. The predicted octanol–water partition coefficient (Wildman–Crippen LogP) is 1.60. The van der Waals surface area contributed by atoms with Gasteiger partial charge in [0.2, 0.25) is 5.95 Å². The molecule has 0 amide bonds. The number of nitrogens with zero attached hydrogens (tertiary/aromatic N) is 4. The molecule has 4 rings (SSSR count). The van der Waals surface area contributed by atoms with Gasteiger partial charge in [0.05, 0.1) is 18.5 Å². The van der Waals surface area contributed by atoms with E-state index in [9.17, 15) is 0 Å². The number of nitrogens with two attached hydrogens (primary N) is 2. The van der Waals surface area contributed by atoms with Gasteiger partial charge in [-0.1, -0.05) is 12.1 Å². The third-order valence-corrected chi connectivity index (χ3v) is 5.37. The summed E-state index contributed by atoms with van der Waals surface area (Å²) in [5.41, 5.74) is 14.1. The lowest BCUT2D eigenvalue weighted by Gasteiger charge is -2.38. The molecule has 0 atom stereocenters. The fraction of sp³-hybridized carbons (Fsp3) is 0.474. The molecule has 2 aromatic rings. The molecule has 26 heavy (non-hydrogen) atoms. The number of hydrogen-bond donors (Lipinski definition) is 2. The van der Waals surface area contributed by atoms with Crippen LogP contribution in [-0.4, -0.2) is 49.3 Å². The third kappa shape index (κ3) is 3.26. The van der Waals surface area contributed by atoms with E-state index in [1.165, 1.54) is 0 Å². The van der Waals surface area contributed by atoms with E-state index in [4.69, 9.17) is 16.2 Å². The Morgan fingerprint density at radius 1 is 1.04 bits per heavy atom. The van der Waals surface area contributed by atoms with Crippen LogP contribution in [0.25, 0.3) is 0 Å². The summed E-state index contributed by atoms with van der Waals surface area (Å²) in [6, 6.07) is 10.5. The average Bonchev–Trinajstić information content (AvgIpc) is 2.65. The first kappa shape index (κ1) is 16.9. The van der Waals surface area contributed by atoms with Gasteiger partial charge in [-0.3, -0.25) is 0 Å². The van der Waals surface area contributed by atoms with E-state index < -0.39 is 0 Å². The van der Waals surface area contributed by atoms with Crippen molar-refractivity contribution < 1.29 is 4.74 Å². The fourth-order valence-electron chi connectivity index (χ4n) is 3.81. The maximum atomic E-state index is 5.97. The minimum Gasteiger partial charge on any atom is -0.495 e. The van der Waals surface area contributed by atoms with Gasteiger partial charge in [-0.2, -0.15) is 4.98 Å². The summed E-state index contributed by atoms with van der Waals surface area (Å²) in [5, 5.41) is 0. The number of para-hydroxylation sites is 2. The molecular weight excluding hydrogens is 328 g/mol. The van der Waals surface area contributed by atoms with E-state index in [1.807, 2.05) is 18.2 Å². The van der Waals surface area contributed by atoms with Gasteiger partial charge in [-0.25, -0.2) is 4.98 Å². The lowest BCUT2D eigenvalue weighted by molar-refractivity contribution is 0.345. The van der Waals surface area contributed by atoms with Crippen molar-refractivity contribution in [1.29, 1.82) is 0 Å². The molecule has 2 fully saturated rings. The molecule has 1 aromatic heterocycles. The van der Waals surface area contributed by atoms with Crippen molar-refractivity contribution in [3.63, 3.8) is 0 Å². The van der Waals surface area contributed by atoms with E-state index >= 15 is 0 Å². The monoisotopic (exact) mass is 354 g/mol. The summed E-state index contributed by atoms with van der Waals surface area (Å²) < 4.78 is 5.49. The number of methoxy groups -OCH3 is 1. The summed E-state index contributed by atoms with van der Waals surface area (Å²) >= 11 is 0. The minimum atomic E-state index is 0.295. The minimum absolute atomic E-state index is 0.295. The molecule has 1 aliphatic heterocycles. The smallest absolute Gasteiger partial charge is 0.222 e. The number of rotatable bonds is 4. The first-order chi connectivity index (χ1) is 12.6. The van der Waals surface area contributed by atoms with Crippen molar-refractivity contribution in [2.24, 2.45) is 5.73 Å². The zero-order valence-electron chi connectivity index (χ0n) is 15.1. The van der Waals surface area contributed by atoms with Crippen LogP contribution in [0.1, 0.15) is 24.5 Å². The second-order valence-corrected chi connectivity index (χ2v) is 7.08. The van der Waals surface area contributed by atoms with Gasteiger partial charge >= 0.3 is 0 Å². The van der Waals surface area contributed by atoms with Crippen LogP contribution in [0.5, 0.6) is 5.75 Å². The van der Waals surface area contributed by atoms with Gasteiger partial charge in [0.15, 0.2) is 0 Å². The predicted molar refractivity (Wildman–Crippen MR) is 104 cm³/mol. The number of piperazine rings is 1. The van der Waals surface area contributed by atoms with E-state index in [0.717, 1.165) is 62.0 Å². The van der Waals surface area contributed by atoms with Crippen molar-refractivity contribution in [2.45, 2.75) is 24.8 Å². The lowest BCUT2D eigenvalue weighted by atomic mass is 9.78. The molecule has 7 heteroatoms. The van der Waals surface area contributed by atoms with Crippen LogP contribution in [-0.2, 0) is 0 Å². The zero-order chi connectivity index (χ0) is 18.1. The van der Waals surface area contributed by atoms with E-state index in [1.54, 1.807) is 7.11 Å². The summed E-state index contributed by atoms with van der Waals surface area (Å²) in [7, 11) is 1.71. The van der Waals surface area contributed by atoms with Crippen LogP contribution in [0.4, 0.5) is 17.5 Å². The highest BCUT2D eigenvalue weighted by atomic mass is 16.5. The van der Waals surface area contributed by atoms with Gasteiger partial charge in [-0.05, 0) is 25.0 Å². The maximum Gasteiger partial charge on any atom is 0.222 e. The van der Waals surface area contributed by atoms with Crippen LogP contribution in [0, 0.1) is 0 Å². The average molecular weight is 354 g/mol. The molecule has 2 heterocycles. The van der Waals surface area contributed by atoms with E-state index in [0.29, 0.717) is 17.9 Å². The zero-order valence-corrected chi connectivity index (χ0v) is 15.1. The Morgan fingerprint density at radius 2 is 1.73 bits per heavy atom. The van der Waals surface area contributed by atoms with E-state index in [-0.39, 0.29) is 0 Å². The summed E-state index contributed by atoms with van der Waals surface area (Å²) in [6.07, 6.45) is 1.97. The van der Waals surface area contributed by atoms with Gasteiger partial charge in [0, 0.05) is 44.2 Å². The molecule has 2 aliphatic rings. The largest absolute Gasteiger partial charge is 0.495 e. The SMILES string of the molecule is COc1ccccc1N1CCN(c2cc(C3CC(N)C3)nc(N)n2)CC1. The normalized spacial score (nSPS) is 22.8. The molecule has 4 N–H and O–H groups in total. The highest BCUT2D eigenvalue weighted by molar-refractivity contribution is 5.59. The highest BCUT2D eigenvalue weighted by Crippen LogP contribution is 2.36. The van der Waals surface area contributed by atoms with Crippen LogP contribution < -0.4 is 26.0 Å². The molecule has 1 saturated heterocycles. The first-order valence-corrected chi connectivity index (χ1v) is 9.17. The van der Waals surface area contributed by atoms with Gasteiger partial charge in [0.25, 0.3) is 0 Å². The third-order valence-electron chi connectivity index (χ3n) is 5.37. The van der Waals surface area contributed by atoms with Gasteiger partial charge < -0.3 is 26.0 Å². The fourth-order valence-corrected chi connectivity index (χ4v) is 3.81. The van der Waals surface area contributed by atoms with Gasteiger partial charge in [0.1, 0.15) is 11.6 Å². The standard InChI is InChI=1S/C19H26N6O/c1-26-17-5-3-2-4-16(17)24-6-8-25(9-7-24)18-12-15(22-19(21)23-18)13-10-14(20)11-13/h2-5,12-14H,6-11,20H2,1H3,(H2,21,22,23). The first-order valence-electron chi connectivity index (χ1n) is 9.17. The number of ether oxygens (including phenoxy) is 1. The maximum absolute atomic E-state index is 5.97. The number of hydrogen-bond acceptors (Lipinski definition) is 7. The van der Waals surface area contributed by atoms with Crippen LogP contribution in [0.2, 0.25) is 0 Å². The Hall–Kier alpha value is -2.54. The Balaban J connectivity index is 1.46. The van der Waals surface area contributed by atoms with Crippen LogP contribution >= 0.6 is 0 Å². The summed E-state index contributed by atoms with van der Waals surface area (Å²) in [4.78, 5) is 13.5. The quantitative estimate of drug-likeness (QED) is 0.861. The molecule has 1 aromatic carbocycles. The Labute approximate surface area is 154 Å². The lowest BCUT2D eigenvalue weighted by Crippen LogP contribution is -2.47. The molecule has 138 valence electrons. The number of anilines is 3. The topological polar surface area (TPSA) is 93.5 Å². The van der Waals surface area contributed by atoms with Crippen molar-refractivity contribution in [2.75, 3.05) is 48.8 Å². The summed E-state index contributed by atoms with van der Waals surface area (Å²) in [6.45, 7) is 3.60. The Kier molecular flexibility index (Phi) is 4.55. The molecule has 0 unspecified atom stereocenters. The number of benzene rings is 1. The molecule has 0 spiro atoms. The Bertz CT molecular complexity index is 768. The second kappa shape index (κ2) is 6.99. The molecular formula is C19H26N6O. The van der Waals surface area contributed by atoms with Crippen molar-refractivity contribution in [1.82, 2.24) is 9.97 Å². The number of nitrogen functional groups attached to an aromatic ring is 1. The molecule has 0 radical (unpaired) electrons. The van der Waals surface area contributed by atoms with Crippen molar-refractivity contribution >= 4 is 17.5 Å². The molecule has 1 aliphatic carbocycles. The molecule has 7 nitrogen and oxygen atoms in total. The second-order valence-electron chi connectivity index (χ2n) is 7.08. The highest BCUT2D eigenvalue weighted by Gasteiger charge is 2.30. The molecule has 1 saturated carbocycles. The summed E-state index contributed by atoms with van der Waals surface area (Å²) in [5.74, 6) is 2.61. The molecule has 0 bridgehead atoms. The van der Waals surface area contributed by atoms with Crippen molar-refractivity contribution in [3.05, 3.63) is 36.0 Å². The van der Waals surface area contributed by atoms with Crippen LogP contribution in [0.3, 0.4) is 0 Å². The van der Waals surface area contributed by atoms with Crippen LogP contribution in [0.15, 0.2) is 30.3 Å².